The average molecular weight is 533 g/mol. The number of ether oxygens (including phenoxy) is 1. The molecule has 4 N–H and O–H groups in total. The van der Waals surface area contributed by atoms with Crippen LogP contribution in [-0.4, -0.2) is 28.4 Å². The van der Waals surface area contributed by atoms with Crippen LogP contribution in [0.1, 0.15) is 69.7 Å². The largest absolute Gasteiger partial charge is 0.506 e. The van der Waals surface area contributed by atoms with Crippen LogP contribution in [0.25, 0.3) is 11.1 Å². The van der Waals surface area contributed by atoms with E-state index in [4.69, 9.17) is 10.5 Å². The molecule has 1 aromatic heterocycles. The zero-order chi connectivity index (χ0) is 28.1. The van der Waals surface area contributed by atoms with Gasteiger partial charge in [-0.3, -0.25) is 14.4 Å². The van der Waals surface area contributed by atoms with Crippen LogP contribution in [0.2, 0.25) is 0 Å². The molecule has 2 aromatic rings. The highest BCUT2D eigenvalue weighted by atomic mass is 16.5. The Labute approximate surface area is 230 Å². The molecule has 2 aliphatic rings. The quantitative estimate of drug-likeness (QED) is 0.124. The van der Waals surface area contributed by atoms with E-state index in [1.165, 1.54) is 18.2 Å². The molecule has 1 heterocycles. The van der Waals surface area contributed by atoms with E-state index >= 15 is 0 Å². The third-order valence-corrected chi connectivity index (χ3v) is 8.36. The van der Waals surface area contributed by atoms with Gasteiger partial charge in [-0.2, -0.15) is 0 Å². The van der Waals surface area contributed by atoms with Gasteiger partial charge in [0, 0.05) is 24.1 Å². The molecule has 5 atom stereocenters. The second-order valence-electron chi connectivity index (χ2n) is 11.1. The first-order valence-corrected chi connectivity index (χ1v) is 14.1. The Balaban J connectivity index is 1.62. The fourth-order valence-corrected chi connectivity index (χ4v) is 6.37. The number of hydrogen-bond acceptors (Lipinski definition) is 6. The standard InChI is InChI=1S/C32H40N2O5/c1-4-7-24-25-16-19(2)9-14-23(25)20(3)17-26(24)30(36)29-31(37)27(18-34-32(29)38)21-10-12-22(13-11-21)39-28(35)8-5-6-15-33/h4,7,10-13,17-19,23-26H,5-6,8-9,14-16,33H2,1-3H3,(H2,34,37,38)/b7-4+/t19-,23+,24+,25-,26+/m0/s1. The number of nitrogens with two attached hydrogens (primary N) is 1. The van der Waals surface area contributed by atoms with Crippen molar-refractivity contribution in [3.05, 3.63) is 70.2 Å². The van der Waals surface area contributed by atoms with Crippen molar-refractivity contribution in [3.8, 4) is 22.6 Å². The highest BCUT2D eigenvalue weighted by molar-refractivity contribution is 6.03. The van der Waals surface area contributed by atoms with E-state index in [0.717, 1.165) is 19.3 Å². The molecule has 0 amide bonds. The number of aromatic nitrogens is 1. The van der Waals surface area contributed by atoms with Gasteiger partial charge in [-0.1, -0.05) is 49.3 Å². The van der Waals surface area contributed by atoms with Gasteiger partial charge in [0.1, 0.15) is 17.1 Å². The first kappa shape index (κ1) is 28.6. The summed E-state index contributed by atoms with van der Waals surface area (Å²) in [6.45, 7) is 6.84. The van der Waals surface area contributed by atoms with E-state index in [2.05, 4.69) is 24.9 Å². The molecule has 4 rings (SSSR count). The van der Waals surface area contributed by atoms with Gasteiger partial charge >= 0.3 is 5.97 Å². The SMILES string of the molecule is C/C=C/[C@@H]1[C@H]2C[C@@H](C)CC[C@@H]2C(C)=C[C@H]1C(=O)c1c(O)c(-c2ccc(OC(=O)CCCCN)cc2)c[nH]c1=O. The zero-order valence-electron chi connectivity index (χ0n) is 23.1. The van der Waals surface area contributed by atoms with Crippen molar-refractivity contribution in [1.82, 2.24) is 4.98 Å². The first-order chi connectivity index (χ1) is 18.7. The topological polar surface area (TPSA) is 122 Å². The fraction of sp³-hybridized carbons (Fsp3) is 0.469. The van der Waals surface area contributed by atoms with E-state index in [1.807, 2.05) is 19.1 Å². The Morgan fingerprint density at radius 3 is 2.62 bits per heavy atom. The van der Waals surface area contributed by atoms with Gasteiger partial charge < -0.3 is 20.6 Å². The molecule has 208 valence electrons. The number of allylic oxidation sites excluding steroid dienone is 4. The minimum atomic E-state index is -0.603. The number of nitrogens with one attached hydrogen (secondary N) is 1. The number of esters is 1. The van der Waals surface area contributed by atoms with E-state index in [9.17, 15) is 19.5 Å². The van der Waals surface area contributed by atoms with Crippen LogP contribution in [-0.2, 0) is 4.79 Å². The number of ketones is 1. The Morgan fingerprint density at radius 1 is 1.18 bits per heavy atom. The summed E-state index contributed by atoms with van der Waals surface area (Å²) in [6.07, 6.45) is 12.6. The number of aromatic amines is 1. The maximum atomic E-state index is 14.0. The molecule has 7 heteroatoms. The predicted molar refractivity (Wildman–Crippen MR) is 153 cm³/mol. The minimum absolute atomic E-state index is 0.0276. The number of benzene rings is 1. The van der Waals surface area contributed by atoms with E-state index < -0.39 is 11.5 Å². The highest BCUT2D eigenvalue weighted by Gasteiger charge is 2.43. The second-order valence-corrected chi connectivity index (χ2v) is 11.1. The predicted octanol–water partition coefficient (Wildman–Crippen LogP) is 5.79. The number of hydrogen-bond donors (Lipinski definition) is 3. The number of H-pyrrole nitrogens is 1. The van der Waals surface area contributed by atoms with E-state index in [0.29, 0.717) is 47.6 Å². The molecule has 2 aliphatic carbocycles. The molecule has 1 aromatic carbocycles. The van der Waals surface area contributed by atoms with Gasteiger partial charge in [0.25, 0.3) is 5.56 Å². The summed E-state index contributed by atoms with van der Waals surface area (Å²) in [5, 5.41) is 11.2. The lowest BCUT2D eigenvalue weighted by Crippen LogP contribution is -2.40. The van der Waals surface area contributed by atoms with E-state index in [-0.39, 0.29) is 35.4 Å². The lowest BCUT2D eigenvalue weighted by atomic mass is 9.59. The summed E-state index contributed by atoms with van der Waals surface area (Å²) in [5.41, 5.74) is 6.77. The maximum Gasteiger partial charge on any atom is 0.311 e. The van der Waals surface area contributed by atoms with E-state index in [1.54, 1.807) is 24.3 Å². The van der Waals surface area contributed by atoms with Crippen LogP contribution in [0.5, 0.6) is 11.5 Å². The minimum Gasteiger partial charge on any atom is -0.506 e. The van der Waals surface area contributed by atoms with Crippen LogP contribution >= 0.6 is 0 Å². The molecule has 0 spiro atoms. The Hall–Kier alpha value is -3.45. The Bertz CT molecular complexity index is 1310. The van der Waals surface area contributed by atoms with Gasteiger partial charge in [-0.05, 0) is 87.4 Å². The van der Waals surface area contributed by atoms with Crippen molar-refractivity contribution < 1.29 is 19.4 Å². The highest BCUT2D eigenvalue weighted by Crippen LogP contribution is 2.49. The van der Waals surface area contributed by atoms with Crippen LogP contribution in [0.15, 0.2) is 59.1 Å². The Kier molecular flexibility index (Phi) is 9.23. The van der Waals surface area contributed by atoms with Crippen molar-refractivity contribution in [2.24, 2.45) is 35.3 Å². The normalized spacial score (nSPS) is 24.7. The van der Waals surface area contributed by atoms with Gasteiger partial charge in [-0.15, -0.1) is 0 Å². The van der Waals surface area contributed by atoms with Crippen molar-refractivity contribution in [2.75, 3.05) is 6.54 Å². The molecule has 1 saturated carbocycles. The van der Waals surface area contributed by atoms with Gasteiger partial charge in [0.15, 0.2) is 5.78 Å². The number of rotatable bonds is 9. The molecule has 0 radical (unpaired) electrons. The number of fused-ring (bicyclic) bond motifs is 1. The molecule has 0 aliphatic heterocycles. The number of unbranched alkanes of at least 4 members (excludes halogenated alkanes) is 1. The average Bonchev–Trinajstić information content (AvgIpc) is 2.91. The van der Waals surface area contributed by atoms with Crippen LogP contribution in [0.4, 0.5) is 0 Å². The molecule has 1 fully saturated rings. The Morgan fingerprint density at radius 2 is 1.92 bits per heavy atom. The van der Waals surface area contributed by atoms with Crippen LogP contribution in [0.3, 0.4) is 0 Å². The number of pyridine rings is 1. The first-order valence-electron chi connectivity index (χ1n) is 14.1. The van der Waals surface area contributed by atoms with Crippen LogP contribution in [0, 0.1) is 29.6 Å². The molecular formula is C32H40N2O5. The zero-order valence-corrected chi connectivity index (χ0v) is 23.1. The third-order valence-electron chi connectivity index (χ3n) is 8.36. The number of carbonyl (C=O) groups is 2. The summed E-state index contributed by atoms with van der Waals surface area (Å²) >= 11 is 0. The van der Waals surface area contributed by atoms with Crippen molar-refractivity contribution in [3.63, 3.8) is 0 Å². The molecule has 39 heavy (non-hydrogen) atoms. The fourth-order valence-electron chi connectivity index (χ4n) is 6.37. The maximum absolute atomic E-state index is 14.0. The summed E-state index contributed by atoms with van der Waals surface area (Å²) < 4.78 is 5.37. The number of Topliss-reactive ketones (excluding diaryl/α,β-unsaturated/α-hetero) is 1. The summed E-state index contributed by atoms with van der Waals surface area (Å²) in [4.78, 5) is 41.6. The summed E-state index contributed by atoms with van der Waals surface area (Å²) in [5.74, 6) is 0.168. The third kappa shape index (κ3) is 6.25. The summed E-state index contributed by atoms with van der Waals surface area (Å²) in [6, 6.07) is 6.63. The molecular weight excluding hydrogens is 492 g/mol. The smallest absolute Gasteiger partial charge is 0.311 e. The monoisotopic (exact) mass is 532 g/mol. The van der Waals surface area contributed by atoms with Crippen molar-refractivity contribution in [1.29, 1.82) is 0 Å². The second kappa shape index (κ2) is 12.6. The summed E-state index contributed by atoms with van der Waals surface area (Å²) in [7, 11) is 0. The molecule has 0 saturated heterocycles. The molecule has 7 nitrogen and oxygen atoms in total. The van der Waals surface area contributed by atoms with Crippen molar-refractivity contribution in [2.45, 2.75) is 59.3 Å². The number of aromatic hydroxyl groups is 1. The van der Waals surface area contributed by atoms with Gasteiger partial charge in [0.2, 0.25) is 0 Å². The number of carbonyl (C=O) groups excluding carboxylic acids is 2. The van der Waals surface area contributed by atoms with Crippen LogP contribution < -0.4 is 16.0 Å². The van der Waals surface area contributed by atoms with Gasteiger partial charge in [0.05, 0.1) is 0 Å². The molecule has 0 unspecified atom stereocenters. The lowest BCUT2D eigenvalue weighted by molar-refractivity contribution is -0.134. The van der Waals surface area contributed by atoms with Crippen molar-refractivity contribution >= 4 is 11.8 Å². The molecule has 0 bridgehead atoms. The lowest BCUT2D eigenvalue weighted by Gasteiger charge is -2.45. The van der Waals surface area contributed by atoms with Gasteiger partial charge in [-0.25, -0.2) is 0 Å².